The Hall–Kier alpha value is 0.430. The van der Waals surface area contributed by atoms with Gasteiger partial charge in [0, 0.05) is 15.0 Å². The van der Waals surface area contributed by atoms with E-state index < -0.39 is 0 Å². The summed E-state index contributed by atoms with van der Waals surface area (Å²) in [6, 6.07) is 6.52. The van der Waals surface area contributed by atoms with E-state index in [0.29, 0.717) is 5.92 Å². The summed E-state index contributed by atoms with van der Waals surface area (Å²) in [6.45, 7) is 0. The van der Waals surface area contributed by atoms with Gasteiger partial charge in [-0.25, -0.2) is 0 Å². The maximum absolute atomic E-state index is 6.28. The van der Waals surface area contributed by atoms with Gasteiger partial charge in [0.15, 0.2) is 0 Å². The first kappa shape index (κ1) is 14.5. The number of benzene rings is 1. The Bertz CT molecular complexity index is 351. The molecule has 0 spiro atoms. The zero-order valence-corrected chi connectivity index (χ0v) is 12.9. The second kappa shape index (κ2) is 6.39. The highest BCUT2D eigenvalue weighted by atomic mass is 79.9. The summed E-state index contributed by atoms with van der Waals surface area (Å²) in [5.41, 5.74) is 7.53. The number of rotatable bonds is 2. The predicted octanol–water partition coefficient (Wildman–Crippen LogP) is 4.82. The number of hydrogen-bond acceptors (Lipinski definition) is 1. The largest absolute Gasteiger partial charge is 0.324 e. The molecule has 0 unspecified atom stereocenters. The van der Waals surface area contributed by atoms with E-state index in [1.165, 1.54) is 31.2 Å². The first-order chi connectivity index (χ1) is 7.18. The molecule has 0 saturated heterocycles. The number of hydrogen-bond donors (Lipinski definition) is 1. The summed E-state index contributed by atoms with van der Waals surface area (Å²) in [7, 11) is 0. The van der Waals surface area contributed by atoms with Crippen LogP contribution in [0.4, 0.5) is 0 Å². The molecule has 1 fully saturated rings. The van der Waals surface area contributed by atoms with Crippen molar-refractivity contribution < 1.29 is 0 Å². The zero-order chi connectivity index (χ0) is 10.8. The average Bonchev–Trinajstić information content (AvgIpc) is 2.74. The molecule has 2 rings (SSSR count). The molecule has 1 aromatic rings. The maximum atomic E-state index is 6.28. The Morgan fingerprint density at radius 3 is 2.31 bits per heavy atom. The van der Waals surface area contributed by atoms with Crippen LogP contribution in [0.3, 0.4) is 0 Å². The van der Waals surface area contributed by atoms with E-state index in [9.17, 15) is 0 Å². The molecule has 1 nitrogen and oxygen atoms in total. The molecule has 0 amide bonds. The van der Waals surface area contributed by atoms with Crippen LogP contribution < -0.4 is 5.73 Å². The van der Waals surface area contributed by atoms with Crippen LogP contribution in [-0.4, -0.2) is 0 Å². The summed E-state index contributed by atoms with van der Waals surface area (Å²) in [5, 5.41) is 0. The summed E-state index contributed by atoms with van der Waals surface area (Å²) >= 11 is 6.99. The lowest BCUT2D eigenvalue weighted by molar-refractivity contribution is 0.445. The lowest BCUT2D eigenvalue weighted by Crippen LogP contribution is -2.18. The molecule has 0 heterocycles. The van der Waals surface area contributed by atoms with Crippen LogP contribution in [-0.2, 0) is 0 Å². The minimum absolute atomic E-state index is 0. The third-order valence-corrected chi connectivity index (χ3v) is 5.12. The molecule has 1 atom stereocenters. The Kier molecular flexibility index (Phi) is 5.78. The Labute approximate surface area is 120 Å². The molecule has 1 aliphatic carbocycles. The van der Waals surface area contributed by atoms with Gasteiger partial charge in [-0.1, -0.05) is 18.9 Å². The van der Waals surface area contributed by atoms with Crippen molar-refractivity contribution >= 4 is 44.3 Å². The fourth-order valence-electron chi connectivity index (χ4n) is 2.31. The van der Waals surface area contributed by atoms with Gasteiger partial charge in [0.05, 0.1) is 0 Å². The average molecular weight is 370 g/mol. The van der Waals surface area contributed by atoms with Crippen LogP contribution in [0.25, 0.3) is 0 Å². The van der Waals surface area contributed by atoms with Crippen molar-refractivity contribution in [1.29, 1.82) is 0 Å². The summed E-state index contributed by atoms with van der Waals surface area (Å²) in [6.07, 6.45) is 5.26. The maximum Gasteiger partial charge on any atom is 0.0323 e. The summed E-state index contributed by atoms with van der Waals surface area (Å²) < 4.78 is 2.18. The van der Waals surface area contributed by atoms with E-state index in [4.69, 9.17) is 5.73 Å². The predicted molar refractivity (Wildman–Crippen MR) is 78.0 cm³/mol. The fourth-order valence-corrected chi connectivity index (χ4v) is 2.95. The van der Waals surface area contributed by atoms with E-state index in [2.05, 4.69) is 50.1 Å². The van der Waals surface area contributed by atoms with Gasteiger partial charge in [-0.3, -0.25) is 0 Å². The second-order valence-electron chi connectivity index (χ2n) is 4.24. The van der Waals surface area contributed by atoms with Crippen molar-refractivity contribution in [2.75, 3.05) is 0 Å². The standard InChI is InChI=1S/C12H15Br2N.ClH/c13-10-6-5-9(7-11(10)14)12(15)8-3-1-2-4-8;/h5-8,12H,1-4,15H2;1H/t12-;/m0./s1. The lowest BCUT2D eigenvalue weighted by atomic mass is 9.93. The molecule has 1 aromatic carbocycles. The highest BCUT2D eigenvalue weighted by Crippen LogP contribution is 2.35. The number of halogens is 3. The second-order valence-corrected chi connectivity index (χ2v) is 5.95. The van der Waals surface area contributed by atoms with Crippen molar-refractivity contribution in [3.8, 4) is 0 Å². The minimum Gasteiger partial charge on any atom is -0.324 e. The zero-order valence-electron chi connectivity index (χ0n) is 8.96. The molecule has 1 aliphatic rings. The fraction of sp³-hybridized carbons (Fsp3) is 0.500. The van der Waals surface area contributed by atoms with Crippen LogP contribution in [0, 0.1) is 5.92 Å². The van der Waals surface area contributed by atoms with Gasteiger partial charge in [0.1, 0.15) is 0 Å². The van der Waals surface area contributed by atoms with Crippen molar-refractivity contribution in [2.24, 2.45) is 11.7 Å². The Morgan fingerprint density at radius 2 is 1.75 bits per heavy atom. The Morgan fingerprint density at radius 1 is 1.12 bits per heavy atom. The Balaban J connectivity index is 0.00000128. The van der Waals surface area contributed by atoms with Crippen molar-refractivity contribution in [2.45, 2.75) is 31.7 Å². The van der Waals surface area contributed by atoms with Crippen LogP contribution >= 0.6 is 44.3 Å². The molecule has 2 N–H and O–H groups in total. The molecule has 0 radical (unpaired) electrons. The van der Waals surface area contributed by atoms with Crippen LogP contribution in [0.2, 0.25) is 0 Å². The van der Waals surface area contributed by atoms with Gasteiger partial charge in [-0.05, 0) is 68.3 Å². The molecular weight excluding hydrogens is 353 g/mol. The highest BCUT2D eigenvalue weighted by molar-refractivity contribution is 9.13. The van der Waals surface area contributed by atoms with Gasteiger partial charge in [-0.2, -0.15) is 0 Å². The SMILES string of the molecule is Cl.N[C@H](c1ccc(Br)c(Br)c1)C1CCCC1. The normalized spacial score (nSPS) is 18.2. The van der Waals surface area contributed by atoms with E-state index >= 15 is 0 Å². The topological polar surface area (TPSA) is 26.0 Å². The summed E-state index contributed by atoms with van der Waals surface area (Å²) in [4.78, 5) is 0. The number of nitrogens with two attached hydrogens (primary N) is 1. The van der Waals surface area contributed by atoms with Gasteiger partial charge >= 0.3 is 0 Å². The summed E-state index contributed by atoms with van der Waals surface area (Å²) in [5.74, 6) is 0.679. The van der Waals surface area contributed by atoms with Gasteiger partial charge in [0.2, 0.25) is 0 Å². The van der Waals surface area contributed by atoms with E-state index in [1.54, 1.807) is 0 Å². The van der Waals surface area contributed by atoms with Gasteiger partial charge in [-0.15, -0.1) is 12.4 Å². The van der Waals surface area contributed by atoms with Crippen molar-refractivity contribution in [3.05, 3.63) is 32.7 Å². The first-order valence-corrected chi connectivity index (χ1v) is 6.97. The van der Waals surface area contributed by atoms with Crippen molar-refractivity contribution in [1.82, 2.24) is 0 Å². The molecule has 0 aliphatic heterocycles. The monoisotopic (exact) mass is 367 g/mol. The molecular formula is C12H16Br2ClN. The third-order valence-electron chi connectivity index (χ3n) is 3.24. The van der Waals surface area contributed by atoms with Crippen LogP contribution in [0.5, 0.6) is 0 Å². The molecule has 1 saturated carbocycles. The van der Waals surface area contributed by atoms with Crippen molar-refractivity contribution in [3.63, 3.8) is 0 Å². The third kappa shape index (κ3) is 3.22. The smallest absolute Gasteiger partial charge is 0.0323 e. The highest BCUT2D eigenvalue weighted by Gasteiger charge is 2.23. The quantitative estimate of drug-likeness (QED) is 0.794. The first-order valence-electron chi connectivity index (χ1n) is 5.39. The van der Waals surface area contributed by atoms with Crippen LogP contribution in [0.1, 0.15) is 37.3 Å². The van der Waals surface area contributed by atoms with Crippen LogP contribution in [0.15, 0.2) is 27.1 Å². The molecule has 16 heavy (non-hydrogen) atoms. The minimum atomic E-state index is 0. The van der Waals surface area contributed by atoms with E-state index in [1.807, 2.05) is 0 Å². The van der Waals surface area contributed by atoms with Gasteiger partial charge < -0.3 is 5.73 Å². The molecule has 0 bridgehead atoms. The van der Waals surface area contributed by atoms with Gasteiger partial charge in [0.25, 0.3) is 0 Å². The lowest BCUT2D eigenvalue weighted by Gasteiger charge is -2.19. The molecule has 90 valence electrons. The van der Waals surface area contributed by atoms with E-state index in [0.717, 1.165) is 8.95 Å². The molecule has 0 aromatic heterocycles. The van der Waals surface area contributed by atoms with E-state index in [-0.39, 0.29) is 18.4 Å². The molecule has 4 heteroatoms.